The Labute approximate surface area is 241 Å². The smallest absolute Gasteiger partial charge is 0.267 e. The molecule has 1 aliphatic heterocycles. The van der Waals surface area contributed by atoms with Gasteiger partial charge in [0.15, 0.2) is 22.6 Å². The number of aldehydes is 1. The number of carbonyl (C=O) groups is 3. The number of para-hydroxylation sites is 1. The molecule has 2 atom stereocenters. The van der Waals surface area contributed by atoms with Crippen LogP contribution < -0.4 is 31.6 Å². The maximum absolute atomic E-state index is 13.9. The van der Waals surface area contributed by atoms with E-state index >= 15 is 0 Å². The molecular formula is C27H33N7O6S. The molecule has 0 saturated carbocycles. The molecule has 8 N–H and O–H groups in total. The highest BCUT2D eigenvalue weighted by molar-refractivity contribution is 8.18. The fourth-order valence-corrected chi connectivity index (χ4v) is 4.96. The largest absolute Gasteiger partial charge is 0.502 e. The topological polar surface area (TPSA) is 205 Å². The number of ether oxygens (including phenoxy) is 2. The van der Waals surface area contributed by atoms with Gasteiger partial charge in [0.1, 0.15) is 12.3 Å². The first kappa shape index (κ1) is 31.0. The normalized spacial score (nSPS) is 16.4. The van der Waals surface area contributed by atoms with Crippen LogP contribution in [0.5, 0.6) is 17.2 Å². The summed E-state index contributed by atoms with van der Waals surface area (Å²) in [5.41, 5.74) is 12.1. The average Bonchev–Trinajstić information content (AvgIpc) is 3.26. The summed E-state index contributed by atoms with van der Waals surface area (Å²) in [6.07, 6.45) is 2.64. The number of aliphatic imine (C=N–C) groups is 1. The lowest BCUT2D eigenvalue weighted by atomic mass is 10.1. The second-order valence-corrected chi connectivity index (χ2v) is 9.78. The molecule has 13 nitrogen and oxygen atoms in total. The molecule has 0 bridgehead atoms. The Bertz CT molecular complexity index is 1310. The third-order valence-corrected chi connectivity index (χ3v) is 6.93. The number of amidine groups is 1. The van der Waals surface area contributed by atoms with Crippen LogP contribution in [0.3, 0.4) is 0 Å². The van der Waals surface area contributed by atoms with Crippen molar-refractivity contribution in [2.24, 2.45) is 16.5 Å². The zero-order valence-corrected chi connectivity index (χ0v) is 23.4. The van der Waals surface area contributed by atoms with Gasteiger partial charge in [0, 0.05) is 13.1 Å². The third-order valence-electron chi connectivity index (χ3n) is 5.95. The van der Waals surface area contributed by atoms with E-state index in [1.807, 2.05) is 6.07 Å². The number of methoxy groups -OCH3 is 2. The highest BCUT2D eigenvalue weighted by Gasteiger charge is 2.41. The van der Waals surface area contributed by atoms with Crippen LogP contribution in [0, 0.1) is 5.41 Å². The molecule has 0 aliphatic carbocycles. The van der Waals surface area contributed by atoms with Crippen molar-refractivity contribution in [1.29, 1.82) is 5.41 Å². The van der Waals surface area contributed by atoms with Crippen molar-refractivity contribution in [2.45, 2.75) is 24.9 Å². The van der Waals surface area contributed by atoms with Crippen LogP contribution in [0.1, 0.15) is 18.4 Å². The highest BCUT2D eigenvalue weighted by Crippen LogP contribution is 2.40. The quantitative estimate of drug-likeness (QED) is 0.0655. The summed E-state index contributed by atoms with van der Waals surface area (Å²) >= 11 is 1.07. The number of guanidine groups is 1. The summed E-state index contributed by atoms with van der Waals surface area (Å²) in [5, 5.41) is 23.2. The molecule has 0 spiro atoms. The number of nitrogens with one attached hydrogen (secondary N) is 3. The zero-order chi connectivity index (χ0) is 29.9. The van der Waals surface area contributed by atoms with Crippen molar-refractivity contribution >= 4 is 52.8 Å². The fraction of sp³-hybridized carbons (Fsp3) is 0.296. The molecule has 1 saturated heterocycles. The Morgan fingerprint density at radius 3 is 2.44 bits per heavy atom. The number of phenolic OH excluding ortho intramolecular Hbond substituents is 1. The summed E-state index contributed by atoms with van der Waals surface area (Å²) in [4.78, 5) is 44.9. The molecule has 2 amide bonds. The molecule has 41 heavy (non-hydrogen) atoms. The zero-order valence-electron chi connectivity index (χ0n) is 22.6. The van der Waals surface area contributed by atoms with Gasteiger partial charge in [-0.2, -0.15) is 0 Å². The number of hydrogen-bond acceptors (Lipinski definition) is 10. The van der Waals surface area contributed by atoms with Crippen molar-refractivity contribution in [3.05, 3.63) is 52.9 Å². The van der Waals surface area contributed by atoms with Crippen LogP contribution in [0.4, 0.5) is 5.69 Å². The van der Waals surface area contributed by atoms with Crippen LogP contribution >= 0.6 is 11.8 Å². The van der Waals surface area contributed by atoms with Gasteiger partial charge in [-0.1, -0.05) is 18.2 Å². The maximum Gasteiger partial charge on any atom is 0.267 e. The molecule has 3 rings (SSSR count). The van der Waals surface area contributed by atoms with Gasteiger partial charge in [-0.05, 0) is 60.5 Å². The molecule has 1 heterocycles. The van der Waals surface area contributed by atoms with E-state index in [0.717, 1.165) is 11.8 Å². The summed E-state index contributed by atoms with van der Waals surface area (Å²) in [6, 6.07) is 10.0. The van der Waals surface area contributed by atoms with Gasteiger partial charge in [0.05, 0.1) is 30.9 Å². The molecule has 1 aliphatic rings. The number of rotatable bonds is 13. The van der Waals surface area contributed by atoms with E-state index in [1.54, 1.807) is 42.5 Å². The van der Waals surface area contributed by atoms with Crippen molar-refractivity contribution in [2.75, 3.05) is 27.3 Å². The number of nitrogens with two attached hydrogens (primary N) is 2. The summed E-state index contributed by atoms with van der Waals surface area (Å²) in [5.74, 6) is -1.18. The van der Waals surface area contributed by atoms with E-state index in [9.17, 15) is 19.5 Å². The Balaban J connectivity index is 2.07. The molecule has 14 heteroatoms. The first-order chi connectivity index (χ1) is 19.7. The van der Waals surface area contributed by atoms with E-state index in [0.29, 0.717) is 24.0 Å². The lowest BCUT2D eigenvalue weighted by molar-refractivity contribution is -0.134. The minimum atomic E-state index is -1.06. The Hall–Kier alpha value is -4.56. The Morgan fingerprint density at radius 1 is 1.22 bits per heavy atom. The van der Waals surface area contributed by atoms with Gasteiger partial charge < -0.3 is 41.5 Å². The average molecular weight is 584 g/mol. The summed E-state index contributed by atoms with van der Waals surface area (Å²) in [6.45, 7) is 0.167. The van der Waals surface area contributed by atoms with E-state index in [4.69, 9.17) is 26.4 Å². The Kier molecular flexibility index (Phi) is 11.1. The number of benzene rings is 2. The van der Waals surface area contributed by atoms with E-state index in [-0.39, 0.29) is 52.8 Å². The van der Waals surface area contributed by atoms with Crippen LogP contribution in [-0.2, 0) is 14.4 Å². The van der Waals surface area contributed by atoms with E-state index < -0.39 is 23.9 Å². The van der Waals surface area contributed by atoms with Crippen LogP contribution in [-0.4, -0.2) is 78.6 Å². The molecule has 0 radical (unpaired) electrons. The molecule has 0 aromatic heterocycles. The van der Waals surface area contributed by atoms with Gasteiger partial charge in [0.2, 0.25) is 11.7 Å². The van der Waals surface area contributed by atoms with Crippen LogP contribution in [0.25, 0.3) is 6.08 Å². The second-order valence-electron chi connectivity index (χ2n) is 8.78. The van der Waals surface area contributed by atoms with Gasteiger partial charge in [-0.25, -0.2) is 4.99 Å². The van der Waals surface area contributed by atoms with Crippen LogP contribution in [0.15, 0.2) is 52.4 Å². The molecule has 2 aromatic carbocycles. The number of hydrogen-bond donors (Lipinski definition) is 6. The van der Waals surface area contributed by atoms with Crippen LogP contribution in [0.2, 0.25) is 0 Å². The molecular weight excluding hydrogens is 550 g/mol. The number of nitrogens with zero attached hydrogens (tertiary/aromatic N) is 2. The number of amides is 2. The van der Waals surface area contributed by atoms with Crippen molar-refractivity contribution < 1.29 is 29.0 Å². The van der Waals surface area contributed by atoms with Gasteiger partial charge in [-0.3, -0.25) is 19.9 Å². The minimum absolute atomic E-state index is 0.114. The second kappa shape index (κ2) is 14.7. The number of aromatic hydroxyl groups is 1. The standard InChI is InChI=1S/C27H33N7O6S/c1-39-20-11-16(12-21(40-2)23(20)36)13-22-25(38)34(27(41-22)33-17-7-4-3-5-8-17)19(9-6-10-31-26(29)30)24(37)32-18(14-28)15-35/h3-5,7-8,11-13,15,18-19,36H,6,9-10,14,28H2,1-2H3,(H,32,37)(H4,29,30,31)/b22-13-,33-27-/t18-,19-/m0/s1. The van der Waals surface area contributed by atoms with E-state index in [1.165, 1.54) is 19.1 Å². The van der Waals surface area contributed by atoms with Gasteiger partial charge >= 0.3 is 0 Å². The fourth-order valence-electron chi connectivity index (χ4n) is 3.92. The number of phenols is 1. The van der Waals surface area contributed by atoms with Crippen molar-refractivity contribution in [3.63, 3.8) is 0 Å². The predicted octanol–water partition coefficient (Wildman–Crippen LogP) is 1.29. The minimum Gasteiger partial charge on any atom is -0.502 e. The molecule has 1 fully saturated rings. The number of carbonyl (C=O) groups excluding carboxylic acids is 3. The number of thioether (sulfide) groups is 1. The lowest BCUT2D eigenvalue weighted by Crippen LogP contribution is -2.53. The molecule has 0 unspecified atom stereocenters. The first-order valence-electron chi connectivity index (χ1n) is 12.6. The molecule has 218 valence electrons. The SMILES string of the molecule is COc1cc(/C=C2\S/C(=N\c3ccccc3)N([C@@H](CCCNC(=N)N)C(=O)N[C@H](C=O)CN)C2=O)cc(OC)c1O. The third kappa shape index (κ3) is 7.99. The predicted molar refractivity (Wildman–Crippen MR) is 157 cm³/mol. The monoisotopic (exact) mass is 583 g/mol. The van der Waals surface area contributed by atoms with E-state index in [2.05, 4.69) is 15.6 Å². The highest BCUT2D eigenvalue weighted by atomic mass is 32.2. The maximum atomic E-state index is 13.9. The van der Waals surface area contributed by atoms with Crippen molar-refractivity contribution in [1.82, 2.24) is 15.5 Å². The Morgan fingerprint density at radius 2 is 1.88 bits per heavy atom. The van der Waals surface area contributed by atoms with Crippen molar-refractivity contribution in [3.8, 4) is 17.2 Å². The van der Waals surface area contributed by atoms with Gasteiger partial charge in [0.25, 0.3) is 5.91 Å². The summed E-state index contributed by atoms with van der Waals surface area (Å²) in [7, 11) is 2.79. The summed E-state index contributed by atoms with van der Waals surface area (Å²) < 4.78 is 10.5. The lowest BCUT2D eigenvalue weighted by Gasteiger charge is -2.27. The van der Waals surface area contributed by atoms with Gasteiger partial charge in [-0.15, -0.1) is 0 Å². The first-order valence-corrected chi connectivity index (χ1v) is 13.4. The molecule has 2 aromatic rings.